The smallest absolute Gasteiger partial charge is 0.335 e. The monoisotopic (exact) mass is 774 g/mol. The molecular formula is C29H46N2O22. The van der Waals surface area contributed by atoms with E-state index in [1.807, 2.05) is 0 Å². The summed E-state index contributed by atoms with van der Waals surface area (Å²) < 4.78 is 43.8. The van der Waals surface area contributed by atoms with Gasteiger partial charge in [-0.2, -0.15) is 0 Å². The lowest BCUT2D eigenvalue weighted by atomic mass is 9.94. The highest BCUT2D eigenvalue weighted by molar-refractivity contribution is 5.74. The minimum atomic E-state index is -2.22. The zero-order valence-electron chi connectivity index (χ0n) is 28.5. The molecular weight excluding hydrogens is 728 g/mol. The Morgan fingerprint density at radius 2 is 1.08 bits per heavy atom. The second-order valence-corrected chi connectivity index (χ2v) is 12.8. The van der Waals surface area contributed by atoms with Crippen molar-refractivity contribution in [3.05, 3.63) is 0 Å². The van der Waals surface area contributed by atoms with Crippen molar-refractivity contribution in [2.24, 2.45) is 0 Å². The Kier molecular flexibility index (Phi) is 14.8. The first-order chi connectivity index (χ1) is 24.9. The van der Waals surface area contributed by atoms with E-state index in [4.69, 9.17) is 37.9 Å². The Hall–Kier alpha value is -2.76. The van der Waals surface area contributed by atoms with Gasteiger partial charge in [-0.05, 0) is 0 Å². The van der Waals surface area contributed by atoms with Crippen LogP contribution in [0.15, 0.2) is 0 Å². The number of carbonyl (C=O) groups is 4. The fourth-order valence-electron chi connectivity index (χ4n) is 6.50. The van der Waals surface area contributed by atoms with Gasteiger partial charge in [0.2, 0.25) is 11.8 Å². The van der Waals surface area contributed by atoms with Gasteiger partial charge in [0.25, 0.3) is 0 Å². The van der Waals surface area contributed by atoms with E-state index in [1.165, 1.54) is 0 Å². The van der Waals surface area contributed by atoms with E-state index in [9.17, 15) is 70.2 Å². The number of rotatable bonds is 13. The maximum absolute atomic E-state index is 12.5. The normalized spacial score (nSPS) is 44.8. The first-order valence-corrected chi connectivity index (χ1v) is 16.3. The molecule has 0 bridgehead atoms. The topological polar surface area (TPSA) is 368 Å². The quantitative estimate of drug-likeness (QED) is 0.0826. The van der Waals surface area contributed by atoms with Crippen molar-refractivity contribution < 1.29 is 108 Å². The van der Waals surface area contributed by atoms with Crippen LogP contribution in [-0.4, -0.2) is 218 Å². The van der Waals surface area contributed by atoms with E-state index in [2.05, 4.69) is 10.6 Å². The number of aliphatic carboxylic acids is 2. The van der Waals surface area contributed by atoms with Crippen LogP contribution in [0.2, 0.25) is 0 Å². The highest BCUT2D eigenvalue weighted by Crippen LogP contribution is 2.34. The van der Waals surface area contributed by atoms with E-state index in [0.29, 0.717) is 0 Å². The van der Waals surface area contributed by atoms with Crippen molar-refractivity contribution in [2.45, 2.75) is 130 Å². The Labute approximate surface area is 300 Å². The summed E-state index contributed by atoms with van der Waals surface area (Å²) in [6, 6.07) is -2.83. The lowest BCUT2D eigenvalue weighted by molar-refractivity contribution is -0.366. The molecule has 4 rings (SSSR count). The maximum atomic E-state index is 12.5. The summed E-state index contributed by atoms with van der Waals surface area (Å²) in [5.74, 6) is -4.85. The predicted octanol–water partition coefficient (Wildman–Crippen LogP) is -7.94. The van der Waals surface area contributed by atoms with Crippen molar-refractivity contribution in [1.29, 1.82) is 0 Å². The molecule has 304 valence electrons. The molecule has 2 amide bonds. The van der Waals surface area contributed by atoms with E-state index >= 15 is 0 Å². The van der Waals surface area contributed by atoms with Gasteiger partial charge in [-0.3, -0.25) is 9.59 Å². The predicted molar refractivity (Wildman–Crippen MR) is 162 cm³/mol. The minimum Gasteiger partial charge on any atom is -0.479 e. The molecule has 0 aliphatic carbocycles. The minimum absolute atomic E-state index is 0.289. The number of aliphatic hydroxyl groups is 8. The number of carboxylic acid groups (broad SMARTS) is 2. The fraction of sp³-hybridized carbons (Fsp3) is 0.862. The van der Waals surface area contributed by atoms with Crippen molar-refractivity contribution in [2.75, 3.05) is 26.9 Å². The van der Waals surface area contributed by atoms with Crippen LogP contribution in [0.1, 0.15) is 13.8 Å². The molecule has 0 radical (unpaired) electrons. The average molecular weight is 775 g/mol. The third-order valence-electron chi connectivity index (χ3n) is 9.12. The molecule has 12 N–H and O–H groups in total. The van der Waals surface area contributed by atoms with Crippen LogP contribution >= 0.6 is 0 Å². The summed E-state index contributed by atoms with van der Waals surface area (Å²) in [5, 5.41) is 110. The Bertz CT molecular complexity index is 1280. The van der Waals surface area contributed by atoms with Gasteiger partial charge in [-0.25, -0.2) is 9.59 Å². The van der Waals surface area contributed by atoms with E-state index < -0.39 is 153 Å². The van der Waals surface area contributed by atoms with Gasteiger partial charge in [0.1, 0.15) is 79.3 Å². The van der Waals surface area contributed by atoms with E-state index in [-0.39, 0.29) is 6.61 Å². The summed E-state index contributed by atoms with van der Waals surface area (Å²) in [7, 11) is 1.05. The highest BCUT2D eigenvalue weighted by atomic mass is 16.8. The fourth-order valence-corrected chi connectivity index (χ4v) is 6.50. The second-order valence-electron chi connectivity index (χ2n) is 12.8. The van der Waals surface area contributed by atoms with Crippen molar-refractivity contribution in [1.82, 2.24) is 10.6 Å². The highest BCUT2D eigenvalue weighted by Gasteiger charge is 2.57. The molecule has 0 aromatic rings. The molecule has 4 heterocycles. The number of hydrogen-bond acceptors (Lipinski definition) is 20. The van der Waals surface area contributed by atoms with Crippen molar-refractivity contribution in [3.63, 3.8) is 0 Å². The van der Waals surface area contributed by atoms with Gasteiger partial charge in [-0.15, -0.1) is 0 Å². The lowest BCUT2D eigenvalue weighted by Gasteiger charge is -2.49. The van der Waals surface area contributed by atoms with Crippen molar-refractivity contribution in [3.8, 4) is 0 Å². The van der Waals surface area contributed by atoms with Crippen LogP contribution < -0.4 is 10.6 Å². The molecule has 0 saturated carbocycles. The molecule has 8 unspecified atom stereocenters. The van der Waals surface area contributed by atoms with E-state index in [0.717, 1.165) is 21.0 Å². The number of nitrogens with one attached hydrogen (secondary N) is 2. The zero-order chi connectivity index (χ0) is 39.5. The second kappa shape index (κ2) is 18.2. The summed E-state index contributed by atoms with van der Waals surface area (Å²) in [5.41, 5.74) is 0. The number of aliphatic hydroxyl groups excluding tert-OH is 8. The summed E-state index contributed by atoms with van der Waals surface area (Å²) in [6.45, 7) is 0.194. The van der Waals surface area contributed by atoms with Gasteiger partial charge >= 0.3 is 11.9 Å². The Balaban J connectivity index is 1.61. The number of methoxy groups -OCH3 is 1. The maximum Gasteiger partial charge on any atom is 0.335 e. The van der Waals surface area contributed by atoms with E-state index in [1.54, 1.807) is 0 Å². The molecule has 0 aromatic carbocycles. The van der Waals surface area contributed by atoms with Crippen LogP contribution in [0, 0.1) is 0 Å². The molecule has 53 heavy (non-hydrogen) atoms. The molecule has 4 aliphatic heterocycles. The van der Waals surface area contributed by atoms with Crippen molar-refractivity contribution >= 4 is 23.8 Å². The Morgan fingerprint density at radius 3 is 1.57 bits per heavy atom. The molecule has 19 atom stereocenters. The first kappa shape index (κ1) is 43.0. The van der Waals surface area contributed by atoms with Gasteiger partial charge in [0.15, 0.2) is 31.1 Å². The summed E-state index contributed by atoms with van der Waals surface area (Å²) in [6.07, 6.45) is -31.9. The lowest BCUT2D eigenvalue weighted by Crippen LogP contribution is -2.70. The summed E-state index contributed by atoms with van der Waals surface area (Å²) >= 11 is 0. The number of amides is 2. The molecule has 4 saturated heterocycles. The molecule has 0 spiro atoms. The number of hydrogen-bond donors (Lipinski definition) is 12. The van der Waals surface area contributed by atoms with Gasteiger partial charge in [0, 0.05) is 21.0 Å². The van der Waals surface area contributed by atoms with Crippen LogP contribution in [0.5, 0.6) is 0 Å². The third-order valence-corrected chi connectivity index (χ3v) is 9.12. The largest absolute Gasteiger partial charge is 0.479 e. The number of ether oxygens (including phenoxy) is 8. The van der Waals surface area contributed by atoms with Gasteiger partial charge in [-0.1, -0.05) is 0 Å². The molecule has 4 fully saturated rings. The average Bonchev–Trinajstić information content (AvgIpc) is 3.09. The molecule has 0 aromatic heterocycles. The SMILES string of the molecule is CO[C@@H]1C(C(=O)O)O[C@@H](O[C@@H]2C(NC(C)=O)[C@H](O[C@@H]3C(C(=O)O)O[C@@H](O[C@@H]4C(NC(C)=O)COC(CO)[C@H]4O)C(O)[C@H]3O)OC(CO)[C@H]2O)C(O)[C@H]1O. The summed E-state index contributed by atoms with van der Waals surface area (Å²) in [4.78, 5) is 48.5. The van der Waals surface area contributed by atoms with Gasteiger partial charge < -0.3 is 99.6 Å². The Morgan fingerprint density at radius 1 is 0.604 bits per heavy atom. The van der Waals surface area contributed by atoms with Crippen LogP contribution in [-0.2, 0) is 57.1 Å². The molecule has 24 nitrogen and oxygen atoms in total. The van der Waals surface area contributed by atoms with Crippen LogP contribution in [0.4, 0.5) is 0 Å². The van der Waals surface area contributed by atoms with Crippen LogP contribution in [0.25, 0.3) is 0 Å². The molecule has 24 heteroatoms. The van der Waals surface area contributed by atoms with Gasteiger partial charge in [0.05, 0.1) is 25.9 Å². The number of carboxylic acids is 2. The first-order valence-electron chi connectivity index (χ1n) is 16.3. The third kappa shape index (κ3) is 9.38. The number of carbonyl (C=O) groups excluding carboxylic acids is 2. The van der Waals surface area contributed by atoms with Crippen LogP contribution in [0.3, 0.4) is 0 Å². The zero-order valence-corrected chi connectivity index (χ0v) is 28.5. The standard InChI is InChI=1S/C29H46N2O22/c1-7(34)30-9-6-47-10(4-32)13(36)19(9)49-28-18(41)16(39)22(24(53-28)26(44)45)51-27-12(31-8(2)35)20(14(37)11(5-33)48-27)50-29-17(40)15(38)21(46-3)23(52-29)25(42)43/h9-24,27-29,32-33,36-41H,4-6H2,1-3H3,(H,30,34)(H,31,35)(H,42,43)(H,44,45)/t9?,10?,11?,12?,13-,14-,15-,16-,17?,18?,19-,20-,21+,22+,23?,24?,27+,28-,29-/m1/s1. The molecule has 4 aliphatic rings.